The van der Waals surface area contributed by atoms with E-state index in [1.807, 2.05) is 36.4 Å². The third kappa shape index (κ3) is 5.54. The van der Waals surface area contributed by atoms with Crippen LogP contribution >= 0.6 is 0 Å². The van der Waals surface area contributed by atoms with E-state index in [0.29, 0.717) is 23.6 Å². The van der Waals surface area contributed by atoms with Gasteiger partial charge in [-0.15, -0.1) is 0 Å². The van der Waals surface area contributed by atoms with E-state index < -0.39 is 12.2 Å². The van der Waals surface area contributed by atoms with E-state index in [-0.39, 0.29) is 0 Å². The smallest absolute Gasteiger partial charge is 0.411 e. The maximum absolute atomic E-state index is 12.1. The van der Waals surface area contributed by atoms with Gasteiger partial charge in [0, 0.05) is 19.2 Å². The molecule has 0 aliphatic carbocycles. The lowest BCUT2D eigenvalue weighted by Gasteiger charge is -2.19. The molecule has 0 heterocycles. The summed E-state index contributed by atoms with van der Waals surface area (Å²) in [5.74, 6) is 1.28. The third-order valence-corrected chi connectivity index (χ3v) is 3.63. The molecular weight excluding hydrogens is 316 g/mol. The molecule has 25 heavy (non-hydrogen) atoms. The van der Waals surface area contributed by atoms with Gasteiger partial charge in [0.1, 0.15) is 17.6 Å². The zero-order chi connectivity index (χ0) is 18.1. The molecule has 0 bridgehead atoms. The first-order valence-electron chi connectivity index (χ1n) is 8.28. The lowest BCUT2D eigenvalue weighted by atomic mass is 10.1. The molecule has 0 saturated heterocycles. The minimum absolute atomic E-state index is 0.505. The van der Waals surface area contributed by atoms with Crippen LogP contribution in [0.2, 0.25) is 0 Å². The van der Waals surface area contributed by atoms with Crippen molar-refractivity contribution in [3.05, 3.63) is 60.2 Å². The van der Waals surface area contributed by atoms with Gasteiger partial charge in [-0.1, -0.05) is 43.7 Å². The van der Waals surface area contributed by atoms with Crippen molar-refractivity contribution in [2.45, 2.75) is 25.9 Å². The monoisotopic (exact) mass is 338 g/mol. The number of amides is 1. The number of ether oxygens (including phenoxy) is 2. The Bertz CT molecular complexity index is 725. The first-order valence-corrected chi connectivity index (χ1v) is 8.28. The molecule has 1 atom stereocenters. The zero-order valence-corrected chi connectivity index (χ0v) is 14.5. The zero-order valence-electron chi connectivity index (χ0n) is 14.5. The van der Waals surface area contributed by atoms with Crippen LogP contribution in [0, 0.1) is 11.3 Å². The van der Waals surface area contributed by atoms with Crippen molar-refractivity contribution in [1.82, 2.24) is 4.90 Å². The highest BCUT2D eigenvalue weighted by Gasteiger charge is 2.19. The summed E-state index contributed by atoms with van der Waals surface area (Å²) in [6.07, 6.45) is 0.395. The second-order valence-electron chi connectivity index (χ2n) is 5.66. The predicted octanol–water partition coefficient (Wildman–Crippen LogP) is 4.91. The summed E-state index contributed by atoms with van der Waals surface area (Å²) in [7, 11) is 1.67. The minimum Gasteiger partial charge on any atom is -0.457 e. The number of carbonyl (C=O) groups excluding carboxylic acids is 1. The Labute approximate surface area is 148 Å². The normalized spacial score (nSPS) is 11.2. The van der Waals surface area contributed by atoms with Crippen LogP contribution in [-0.4, -0.2) is 24.6 Å². The fourth-order valence-corrected chi connectivity index (χ4v) is 2.21. The fourth-order valence-electron chi connectivity index (χ4n) is 2.21. The maximum Gasteiger partial charge on any atom is 0.411 e. The number of carbonyl (C=O) groups is 1. The van der Waals surface area contributed by atoms with E-state index in [2.05, 4.69) is 6.92 Å². The van der Waals surface area contributed by atoms with Gasteiger partial charge in [0.25, 0.3) is 0 Å². The van der Waals surface area contributed by atoms with Gasteiger partial charge in [0.15, 0.2) is 0 Å². The second-order valence-corrected chi connectivity index (χ2v) is 5.66. The van der Waals surface area contributed by atoms with Crippen LogP contribution in [0.1, 0.15) is 31.4 Å². The maximum atomic E-state index is 12.1. The lowest BCUT2D eigenvalue weighted by Crippen LogP contribution is -2.29. The molecule has 0 aromatic heterocycles. The average molecular weight is 338 g/mol. The van der Waals surface area contributed by atoms with Gasteiger partial charge in [-0.3, -0.25) is 0 Å². The standard InChI is InChI=1S/C20H22N2O3/c1-3-4-13-22(2)20(23)25-19(15-21)16-9-8-12-18(14-16)24-17-10-6-5-7-11-17/h5-12,14,19H,3-4,13H2,1-2H3. The topological polar surface area (TPSA) is 62.6 Å². The van der Waals surface area contributed by atoms with Crippen LogP contribution in [0.15, 0.2) is 54.6 Å². The fraction of sp³-hybridized carbons (Fsp3) is 0.300. The van der Waals surface area contributed by atoms with Crippen LogP contribution in [0.25, 0.3) is 0 Å². The van der Waals surface area contributed by atoms with Gasteiger partial charge >= 0.3 is 6.09 Å². The number of hydrogen-bond donors (Lipinski definition) is 0. The number of benzene rings is 2. The number of unbranched alkanes of at least 4 members (excludes halogenated alkanes) is 1. The molecular formula is C20H22N2O3. The molecule has 0 radical (unpaired) electrons. The van der Waals surface area contributed by atoms with Gasteiger partial charge in [-0.25, -0.2) is 4.79 Å². The Balaban J connectivity index is 2.06. The highest BCUT2D eigenvalue weighted by atomic mass is 16.6. The van der Waals surface area contributed by atoms with E-state index in [0.717, 1.165) is 12.8 Å². The summed E-state index contributed by atoms with van der Waals surface area (Å²) in [6.45, 7) is 2.65. The van der Waals surface area contributed by atoms with E-state index >= 15 is 0 Å². The molecule has 2 rings (SSSR count). The molecule has 0 spiro atoms. The van der Waals surface area contributed by atoms with Crippen molar-refractivity contribution in [2.24, 2.45) is 0 Å². The van der Waals surface area contributed by atoms with Crippen LogP contribution in [-0.2, 0) is 4.74 Å². The van der Waals surface area contributed by atoms with Crippen LogP contribution < -0.4 is 4.74 Å². The van der Waals surface area contributed by atoms with E-state index in [4.69, 9.17) is 9.47 Å². The molecule has 0 saturated carbocycles. The van der Waals surface area contributed by atoms with E-state index in [9.17, 15) is 10.1 Å². The molecule has 0 fully saturated rings. The average Bonchev–Trinajstić information content (AvgIpc) is 2.65. The Hall–Kier alpha value is -3.00. The number of rotatable bonds is 7. The van der Waals surface area contributed by atoms with Crippen LogP contribution in [0.4, 0.5) is 4.79 Å². The first-order chi connectivity index (χ1) is 12.1. The Morgan fingerprint density at radius 1 is 1.16 bits per heavy atom. The van der Waals surface area contributed by atoms with Gasteiger partial charge in [0.2, 0.25) is 6.10 Å². The summed E-state index contributed by atoms with van der Waals surface area (Å²) in [5, 5.41) is 9.38. The van der Waals surface area contributed by atoms with Gasteiger partial charge in [0.05, 0.1) is 0 Å². The molecule has 1 amide bonds. The summed E-state index contributed by atoms with van der Waals surface area (Å²) in [4.78, 5) is 13.6. The predicted molar refractivity (Wildman–Crippen MR) is 95.3 cm³/mol. The van der Waals surface area contributed by atoms with Gasteiger partial charge in [-0.2, -0.15) is 5.26 Å². The van der Waals surface area contributed by atoms with Crippen LogP contribution in [0.3, 0.4) is 0 Å². The summed E-state index contributed by atoms with van der Waals surface area (Å²) in [5.41, 5.74) is 0.577. The van der Waals surface area contributed by atoms with E-state index in [1.54, 1.807) is 31.3 Å². The lowest BCUT2D eigenvalue weighted by molar-refractivity contribution is 0.0896. The van der Waals surface area contributed by atoms with Crippen molar-refractivity contribution >= 4 is 6.09 Å². The SMILES string of the molecule is CCCCN(C)C(=O)OC(C#N)c1cccc(Oc2ccccc2)c1. The molecule has 0 aliphatic rings. The molecule has 130 valence electrons. The summed E-state index contributed by atoms with van der Waals surface area (Å²) < 4.78 is 11.1. The third-order valence-electron chi connectivity index (χ3n) is 3.63. The Morgan fingerprint density at radius 2 is 1.88 bits per heavy atom. The highest BCUT2D eigenvalue weighted by molar-refractivity contribution is 5.68. The molecule has 0 N–H and O–H groups in total. The van der Waals surface area contributed by atoms with Crippen molar-refractivity contribution in [2.75, 3.05) is 13.6 Å². The number of nitriles is 1. The van der Waals surface area contributed by atoms with Crippen molar-refractivity contribution in [1.29, 1.82) is 5.26 Å². The summed E-state index contributed by atoms with van der Waals surface area (Å²) in [6, 6.07) is 18.4. The first kappa shape index (κ1) is 18.3. The molecule has 0 aliphatic heterocycles. The van der Waals surface area contributed by atoms with Crippen LogP contribution in [0.5, 0.6) is 11.5 Å². The molecule has 5 heteroatoms. The molecule has 1 unspecified atom stereocenters. The van der Waals surface area contributed by atoms with E-state index in [1.165, 1.54) is 4.90 Å². The van der Waals surface area contributed by atoms with Gasteiger partial charge in [-0.05, 0) is 30.7 Å². The second kappa shape index (κ2) is 9.33. The minimum atomic E-state index is -0.976. The van der Waals surface area contributed by atoms with Crippen molar-refractivity contribution in [3.8, 4) is 17.6 Å². The highest BCUT2D eigenvalue weighted by Crippen LogP contribution is 2.26. The molecule has 2 aromatic rings. The van der Waals surface area contributed by atoms with Gasteiger partial charge < -0.3 is 14.4 Å². The van der Waals surface area contributed by atoms with Crippen molar-refractivity contribution in [3.63, 3.8) is 0 Å². The summed E-state index contributed by atoms with van der Waals surface area (Å²) >= 11 is 0. The molecule has 2 aromatic carbocycles. The Kier molecular flexibility index (Phi) is 6.85. The Morgan fingerprint density at radius 3 is 2.56 bits per heavy atom. The van der Waals surface area contributed by atoms with Crippen molar-refractivity contribution < 1.29 is 14.3 Å². The quantitative estimate of drug-likeness (QED) is 0.719. The number of hydrogen-bond acceptors (Lipinski definition) is 4. The number of para-hydroxylation sites is 1. The molecule has 5 nitrogen and oxygen atoms in total. The largest absolute Gasteiger partial charge is 0.457 e. The number of nitrogens with zero attached hydrogens (tertiary/aromatic N) is 2.